The van der Waals surface area contributed by atoms with Crippen LogP contribution in [-0.2, 0) is 6.54 Å². The minimum atomic E-state index is -0.0270. The Morgan fingerprint density at radius 1 is 0.872 bits per heavy atom. The number of anilines is 1. The van der Waals surface area contributed by atoms with Crippen LogP contribution in [0.5, 0.6) is 5.75 Å². The number of aromatic nitrogens is 3. The molecule has 2 aromatic heterocycles. The molecule has 1 saturated heterocycles. The lowest BCUT2D eigenvalue weighted by Gasteiger charge is -2.34. The third-order valence-electron chi connectivity index (χ3n) is 10.5. The van der Waals surface area contributed by atoms with Crippen LogP contribution in [0, 0.1) is 6.92 Å². The number of carbonyl (C=O) groups is 1. The molecular formula is C39H40N6O2. The van der Waals surface area contributed by atoms with Crippen molar-refractivity contribution in [3.8, 4) is 28.3 Å². The first kappa shape index (κ1) is 28.7. The van der Waals surface area contributed by atoms with Crippen molar-refractivity contribution in [2.45, 2.75) is 51.1 Å². The molecule has 0 atom stereocenters. The van der Waals surface area contributed by atoms with Crippen LogP contribution in [-0.4, -0.2) is 76.0 Å². The molecule has 2 aliphatic carbocycles. The van der Waals surface area contributed by atoms with Gasteiger partial charge in [0.1, 0.15) is 24.3 Å². The lowest BCUT2D eigenvalue weighted by molar-refractivity contribution is 0.0989. The van der Waals surface area contributed by atoms with Crippen molar-refractivity contribution >= 4 is 22.6 Å². The Balaban J connectivity index is 0.970. The number of aromatic amines is 1. The second-order valence-corrected chi connectivity index (χ2v) is 13.7. The van der Waals surface area contributed by atoms with Crippen LogP contribution in [0.2, 0.25) is 0 Å². The third-order valence-corrected chi connectivity index (χ3v) is 10.5. The minimum absolute atomic E-state index is 0.0270. The highest BCUT2D eigenvalue weighted by Gasteiger charge is 2.32. The highest BCUT2D eigenvalue weighted by molar-refractivity contribution is 6.09. The molecule has 0 spiro atoms. The van der Waals surface area contributed by atoms with E-state index in [0.717, 1.165) is 70.5 Å². The zero-order valence-corrected chi connectivity index (χ0v) is 26.9. The van der Waals surface area contributed by atoms with Gasteiger partial charge in [-0.1, -0.05) is 42.5 Å². The standard InChI is InChI=1S/C39H40N6O2/c1-25-31(3-2-4-35(25)45-19-20-47-36-21-29(27-9-10-27)11-14-32(36)39(45)46)37-33-22-34(42-38(33)41-24-40-37)28-7-5-26(6-8-28)23-43-15-17-44(18-16-43)30-12-13-30/h2-8,11,14,21-22,24,27,30H,9-10,12-13,15-20,23H2,1H3,(H,40,41,42). The van der Waals surface area contributed by atoms with Gasteiger partial charge in [0.15, 0.2) is 0 Å². The summed E-state index contributed by atoms with van der Waals surface area (Å²) in [4.78, 5) is 33.9. The number of carbonyl (C=O) groups excluding carboxylic acids is 1. The van der Waals surface area contributed by atoms with E-state index >= 15 is 0 Å². The van der Waals surface area contributed by atoms with Gasteiger partial charge in [0.2, 0.25) is 0 Å². The highest BCUT2D eigenvalue weighted by Crippen LogP contribution is 2.43. The van der Waals surface area contributed by atoms with Crippen LogP contribution in [0.15, 0.2) is 73.1 Å². The van der Waals surface area contributed by atoms with E-state index in [4.69, 9.17) is 9.72 Å². The van der Waals surface area contributed by atoms with Gasteiger partial charge in [0.05, 0.1) is 17.8 Å². The number of H-pyrrole nitrogens is 1. The maximum absolute atomic E-state index is 13.9. The van der Waals surface area contributed by atoms with Crippen molar-refractivity contribution in [2.24, 2.45) is 0 Å². The molecule has 0 unspecified atom stereocenters. The Hall–Kier alpha value is -4.53. The molecule has 5 aromatic rings. The molecule has 8 nitrogen and oxygen atoms in total. The zero-order chi connectivity index (χ0) is 31.5. The van der Waals surface area contributed by atoms with Crippen molar-refractivity contribution < 1.29 is 9.53 Å². The predicted molar refractivity (Wildman–Crippen MR) is 185 cm³/mol. The second kappa shape index (κ2) is 11.6. The molecule has 1 N–H and O–H groups in total. The SMILES string of the molecule is Cc1c(-c2ncnc3[nH]c(-c4ccc(CN5CCN(C6CC6)CC5)cc4)cc23)cccc1N1CCOc2cc(C3CC3)ccc2C1=O. The zero-order valence-electron chi connectivity index (χ0n) is 26.9. The smallest absolute Gasteiger partial charge is 0.262 e. The van der Waals surface area contributed by atoms with Gasteiger partial charge in [-0.05, 0) is 85.0 Å². The van der Waals surface area contributed by atoms with Crippen molar-refractivity contribution in [3.05, 3.63) is 95.3 Å². The lowest BCUT2D eigenvalue weighted by atomic mass is 10.00. The van der Waals surface area contributed by atoms with Gasteiger partial charge >= 0.3 is 0 Å². The summed E-state index contributed by atoms with van der Waals surface area (Å²) in [6.45, 7) is 8.69. The molecule has 0 radical (unpaired) electrons. The normalized spacial score (nSPS) is 19.1. The number of piperazine rings is 1. The van der Waals surface area contributed by atoms with Crippen LogP contribution >= 0.6 is 0 Å². The molecular weight excluding hydrogens is 584 g/mol. The summed E-state index contributed by atoms with van der Waals surface area (Å²) in [6.07, 6.45) is 6.83. The van der Waals surface area contributed by atoms with Crippen LogP contribution in [0.1, 0.15) is 58.6 Å². The van der Waals surface area contributed by atoms with Crippen LogP contribution in [0.25, 0.3) is 33.5 Å². The van der Waals surface area contributed by atoms with Gasteiger partial charge in [-0.15, -0.1) is 0 Å². The van der Waals surface area contributed by atoms with Crippen molar-refractivity contribution in [1.82, 2.24) is 24.8 Å². The average molecular weight is 625 g/mol. The quantitative estimate of drug-likeness (QED) is 0.215. The van der Waals surface area contributed by atoms with Crippen molar-refractivity contribution in [1.29, 1.82) is 0 Å². The number of nitrogens with zero attached hydrogens (tertiary/aromatic N) is 5. The molecule has 4 aliphatic rings. The fourth-order valence-electron chi connectivity index (χ4n) is 7.49. The molecule has 238 valence electrons. The number of hydrogen-bond acceptors (Lipinski definition) is 6. The number of fused-ring (bicyclic) bond motifs is 2. The monoisotopic (exact) mass is 624 g/mol. The molecule has 3 aromatic carbocycles. The Morgan fingerprint density at radius 3 is 2.49 bits per heavy atom. The molecule has 2 saturated carbocycles. The average Bonchev–Trinajstić information content (AvgIpc) is 4.04. The summed E-state index contributed by atoms with van der Waals surface area (Å²) in [7, 11) is 0. The molecule has 2 aliphatic heterocycles. The van der Waals surface area contributed by atoms with Crippen LogP contribution in [0.3, 0.4) is 0 Å². The maximum Gasteiger partial charge on any atom is 0.262 e. The van der Waals surface area contributed by atoms with E-state index in [1.807, 2.05) is 23.1 Å². The second-order valence-electron chi connectivity index (χ2n) is 13.7. The molecule has 8 heteroatoms. The van der Waals surface area contributed by atoms with E-state index in [-0.39, 0.29) is 5.91 Å². The van der Waals surface area contributed by atoms with E-state index in [1.165, 1.54) is 49.9 Å². The Morgan fingerprint density at radius 2 is 1.70 bits per heavy atom. The molecule has 3 fully saturated rings. The maximum atomic E-state index is 13.9. The number of amides is 1. The number of rotatable bonds is 7. The molecule has 47 heavy (non-hydrogen) atoms. The minimum Gasteiger partial charge on any atom is -0.491 e. The first-order chi connectivity index (χ1) is 23.1. The lowest BCUT2D eigenvalue weighted by Crippen LogP contribution is -2.46. The fraction of sp³-hybridized carbons (Fsp3) is 0.359. The fourth-order valence-corrected chi connectivity index (χ4v) is 7.49. The van der Waals surface area contributed by atoms with Crippen molar-refractivity contribution in [3.63, 3.8) is 0 Å². The van der Waals surface area contributed by atoms with Crippen molar-refractivity contribution in [2.75, 3.05) is 44.2 Å². The summed E-state index contributed by atoms with van der Waals surface area (Å²) in [5, 5.41) is 0.962. The highest BCUT2D eigenvalue weighted by atomic mass is 16.5. The summed E-state index contributed by atoms with van der Waals surface area (Å²) >= 11 is 0. The summed E-state index contributed by atoms with van der Waals surface area (Å²) in [5.74, 6) is 1.28. The predicted octanol–water partition coefficient (Wildman–Crippen LogP) is 6.80. The number of ether oxygens (including phenoxy) is 1. The Labute approximate surface area is 275 Å². The summed E-state index contributed by atoms with van der Waals surface area (Å²) in [5.41, 5.74) is 9.90. The molecule has 0 bridgehead atoms. The van der Waals surface area contributed by atoms with Gasteiger partial charge in [-0.25, -0.2) is 9.97 Å². The van der Waals surface area contributed by atoms with Gasteiger partial charge in [-0.3, -0.25) is 14.6 Å². The summed E-state index contributed by atoms with van der Waals surface area (Å²) < 4.78 is 6.11. The summed E-state index contributed by atoms with van der Waals surface area (Å²) in [6, 6.07) is 24.2. The van der Waals surface area contributed by atoms with Crippen LogP contribution < -0.4 is 9.64 Å². The number of benzene rings is 3. The third kappa shape index (κ3) is 5.49. The van der Waals surface area contributed by atoms with E-state index in [0.29, 0.717) is 30.4 Å². The molecule has 1 amide bonds. The topological polar surface area (TPSA) is 77.6 Å². The number of hydrogen-bond donors (Lipinski definition) is 1. The van der Waals surface area contributed by atoms with Gasteiger partial charge in [-0.2, -0.15) is 0 Å². The van der Waals surface area contributed by atoms with Gasteiger partial charge < -0.3 is 14.6 Å². The van der Waals surface area contributed by atoms with E-state index in [1.54, 1.807) is 6.33 Å². The van der Waals surface area contributed by atoms with E-state index < -0.39 is 0 Å². The van der Waals surface area contributed by atoms with Crippen LogP contribution in [0.4, 0.5) is 5.69 Å². The molecule has 9 rings (SSSR count). The largest absolute Gasteiger partial charge is 0.491 e. The first-order valence-corrected chi connectivity index (χ1v) is 17.2. The molecule has 4 heterocycles. The van der Waals surface area contributed by atoms with E-state index in [9.17, 15) is 4.79 Å². The van der Waals surface area contributed by atoms with E-state index in [2.05, 4.69) is 75.2 Å². The number of nitrogens with one attached hydrogen (secondary N) is 1. The Kier molecular flexibility index (Phi) is 7.09. The van der Waals surface area contributed by atoms with Gasteiger partial charge in [0.25, 0.3) is 5.91 Å². The first-order valence-electron chi connectivity index (χ1n) is 17.2. The Bertz CT molecular complexity index is 1970. The van der Waals surface area contributed by atoms with Gasteiger partial charge in [0, 0.05) is 61.1 Å².